The van der Waals surface area contributed by atoms with Gasteiger partial charge in [-0.25, -0.2) is 0 Å². The van der Waals surface area contributed by atoms with E-state index < -0.39 is 0 Å². The van der Waals surface area contributed by atoms with Gasteiger partial charge in [-0.05, 0) is 35.7 Å². The quantitative estimate of drug-likeness (QED) is 0.361. The van der Waals surface area contributed by atoms with Crippen LogP contribution in [0.3, 0.4) is 0 Å². The van der Waals surface area contributed by atoms with Crippen molar-refractivity contribution >= 4 is 0 Å². The molecule has 0 atom stereocenters. The molecule has 0 saturated carbocycles. The Morgan fingerprint density at radius 1 is 0.586 bits per heavy atom. The van der Waals surface area contributed by atoms with Gasteiger partial charge in [0.1, 0.15) is 0 Å². The lowest BCUT2D eigenvalue weighted by atomic mass is 10.1. The van der Waals surface area contributed by atoms with E-state index in [1.807, 2.05) is 0 Å². The van der Waals surface area contributed by atoms with Crippen LogP contribution in [-0.2, 0) is 26.2 Å². The highest BCUT2D eigenvalue weighted by atomic mass is 15.1. The maximum atomic E-state index is 2.52. The first-order valence-electron chi connectivity index (χ1n) is 10.3. The van der Waals surface area contributed by atoms with Gasteiger partial charge in [0.05, 0.1) is 0 Å². The van der Waals surface area contributed by atoms with Gasteiger partial charge in [0.2, 0.25) is 0 Å². The van der Waals surface area contributed by atoms with E-state index in [0.717, 1.165) is 26.2 Å². The molecule has 0 aliphatic heterocycles. The highest BCUT2D eigenvalue weighted by Crippen LogP contribution is 2.16. The van der Waals surface area contributed by atoms with E-state index in [2.05, 4.69) is 120 Å². The summed E-state index contributed by atoms with van der Waals surface area (Å²) in [6, 6.07) is 34.7. The Bertz CT molecular complexity index is 960. The van der Waals surface area contributed by atoms with Crippen molar-refractivity contribution in [3.63, 3.8) is 0 Å². The van der Waals surface area contributed by atoms with Gasteiger partial charge in [-0.2, -0.15) is 0 Å². The molecule has 4 rings (SSSR count). The Morgan fingerprint density at radius 2 is 1.17 bits per heavy atom. The average Bonchev–Trinajstić information content (AvgIpc) is 3.18. The minimum atomic E-state index is 0.910. The molecule has 0 aliphatic carbocycles. The summed E-state index contributed by atoms with van der Waals surface area (Å²) in [5.41, 5.74) is 6.68. The van der Waals surface area contributed by atoms with Gasteiger partial charge in [0.25, 0.3) is 0 Å². The predicted molar refractivity (Wildman–Crippen MR) is 121 cm³/mol. The first-order chi connectivity index (χ1) is 14.3. The zero-order valence-corrected chi connectivity index (χ0v) is 17.0. The minimum Gasteiger partial charge on any atom is -0.346 e. The van der Waals surface area contributed by atoms with Crippen molar-refractivity contribution in [2.75, 3.05) is 0 Å². The summed E-state index contributed by atoms with van der Waals surface area (Å²) in [4.78, 5) is 2.52. The van der Waals surface area contributed by atoms with E-state index >= 15 is 0 Å². The number of aryl methyl sites for hydroxylation is 1. The van der Waals surface area contributed by atoms with Gasteiger partial charge in [-0.3, -0.25) is 4.90 Å². The van der Waals surface area contributed by atoms with E-state index in [4.69, 9.17) is 0 Å². The lowest BCUT2D eigenvalue weighted by Crippen LogP contribution is -2.24. The van der Waals surface area contributed by atoms with Crippen LogP contribution in [0.4, 0.5) is 0 Å². The standard InChI is InChI=1S/C27H28N2/c1-23-14-16-26(17-15-23)21-29-18-8-13-27(29)22-28(19-24-9-4-2-5-10-24)20-25-11-6-3-7-12-25/h2-18H,19-22H2,1H3. The zero-order chi connectivity index (χ0) is 19.9. The van der Waals surface area contributed by atoms with Gasteiger partial charge < -0.3 is 4.57 Å². The average molecular weight is 381 g/mol. The van der Waals surface area contributed by atoms with E-state index in [1.54, 1.807) is 0 Å². The lowest BCUT2D eigenvalue weighted by Gasteiger charge is -2.24. The van der Waals surface area contributed by atoms with Crippen molar-refractivity contribution in [2.45, 2.75) is 33.1 Å². The normalized spacial score (nSPS) is 11.1. The lowest BCUT2D eigenvalue weighted by molar-refractivity contribution is 0.241. The van der Waals surface area contributed by atoms with Crippen LogP contribution in [0.15, 0.2) is 103 Å². The Hall–Kier alpha value is -3.10. The molecule has 3 aromatic carbocycles. The summed E-state index contributed by atoms with van der Waals surface area (Å²) in [5.74, 6) is 0. The third kappa shape index (κ3) is 5.46. The van der Waals surface area contributed by atoms with E-state index in [9.17, 15) is 0 Å². The van der Waals surface area contributed by atoms with Crippen molar-refractivity contribution in [3.05, 3.63) is 131 Å². The molecule has 0 saturated heterocycles. The van der Waals surface area contributed by atoms with Gasteiger partial charge in [0.15, 0.2) is 0 Å². The van der Waals surface area contributed by atoms with Crippen LogP contribution >= 0.6 is 0 Å². The van der Waals surface area contributed by atoms with Crippen molar-refractivity contribution in [1.29, 1.82) is 0 Å². The van der Waals surface area contributed by atoms with Gasteiger partial charge in [0, 0.05) is 38.1 Å². The van der Waals surface area contributed by atoms with Crippen LogP contribution in [-0.4, -0.2) is 9.47 Å². The first-order valence-corrected chi connectivity index (χ1v) is 10.3. The highest BCUT2D eigenvalue weighted by Gasteiger charge is 2.11. The van der Waals surface area contributed by atoms with Crippen LogP contribution in [0.25, 0.3) is 0 Å². The molecule has 4 aromatic rings. The molecule has 0 N–H and O–H groups in total. The van der Waals surface area contributed by atoms with Crippen molar-refractivity contribution in [1.82, 2.24) is 9.47 Å². The van der Waals surface area contributed by atoms with Crippen LogP contribution in [0.2, 0.25) is 0 Å². The summed E-state index contributed by atoms with van der Waals surface area (Å²) >= 11 is 0. The summed E-state index contributed by atoms with van der Waals surface area (Å²) < 4.78 is 2.37. The van der Waals surface area contributed by atoms with Crippen LogP contribution in [0.5, 0.6) is 0 Å². The molecule has 0 amide bonds. The predicted octanol–water partition coefficient (Wildman–Crippen LogP) is 6.05. The fraction of sp³-hybridized carbons (Fsp3) is 0.185. The third-order valence-electron chi connectivity index (χ3n) is 5.28. The van der Waals surface area contributed by atoms with Crippen LogP contribution in [0, 0.1) is 6.92 Å². The number of nitrogens with zero attached hydrogens (tertiary/aromatic N) is 2. The summed E-state index contributed by atoms with van der Waals surface area (Å²) in [5, 5.41) is 0. The second-order valence-corrected chi connectivity index (χ2v) is 7.73. The number of hydrogen-bond acceptors (Lipinski definition) is 1. The largest absolute Gasteiger partial charge is 0.346 e. The van der Waals surface area contributed by atoms with E-state index in [-0.39, 0.29) is 0 Å². The summed E-state index contributed by atoms with van der Waals surface area (Å²) in [6.45, 7) is 5.84. The van der Waals surface area contributed by atoms with Crippen molar-refractivity contribution < 1.29 is 0 Å². The topological polar surface area (TPSA) is 8.17 Å². The maximum Gasteiger partial charge on any atom is 0.0473 e. The number of rotatable bonds is 8. The van der Waals surface area contributed by atoms with E-state index in [1.165, 1.54) is 27.9 Å². The molecular weight excluding hydrogens is 352 g/mol. The monoisotopic (exact) mass is 380 g/mol. The van der Waals surface area contributed by atoms with E-state index in [0.29, 0.717) is 0 Å². The smallest absolute Gasteiger partial charge is 0.0473 e. The minimum absolute atomic E-state index is 0.910. The first kappa shape index (κ1) is 19.2. The molecule has 146 valence electrons. The molecule has 1 heterocycles. The number of aromatic nitrogens is 1. The molecule has 2 heteroatoms. The molecule has 0 fully saturated rings. The van der Waals surface area contributed by atoms with Gasteiger partial charge in [-0.1, -0.05) is 90.5 Å². The Balaban J connectivity index is 1.52. The molecule has 0 unspecified atom stereocenters. The second-order valence-electron chi connectivity index (χ2n) is 7.73. The molecule has 29 heavy (non-hydrogen) atoms. The zero-order valence-electron chi connectivity index (χ0n) is 17.0. The Morgan fingerprint density at radius 3 is 1.76 bits per heavy atom. The third-order valence-corrected chi connectivity index (χ3v) is 5.28. The van der Waals surface area contributed by atoms with Crippen molar-refractivity contribution in [2.24, 2.45) is 0 Å². The highest BCUT2D eigenvalue weighted by molar-refractivity contribution is 5.23. The van der Waals surface area contributed by atoms with Gasteiger partial charge >= 0.3 is 0 Å². The maximum absolute atomic E-state index is 2.52. The second kappa shape index (κ2) is 9.40. The molecule has 0 aliphatic rings. The molecule has 1 aromatic heterocycles. The summed E-state index contributed by atoms with van der Waals surface area (Å²) in [6.07, 6.45) is 2.19. The number of benzene rings is 3. The number of hydrogen-bond donors (Lipinski definition) is 0. The van der Waals surface area contributed by atoms with Crippen molar-refractivity contribution in [3.8, 4) is 0 Å². The van der Waals surface area contributed by atoms with Gasteiger partial charge in [-0.15, -0.1) is 0 Å². The molecule has 2 nitrogen and oxygen atoms in total. The molecule has 0 radical (unpaired) electrons. The van der Waals surface area contributed by atoms with Crippen LogP contribution < -0.4 is 0 Å². The van der Waals surface area contributed by atoms with Crippen LogP contribution in [0.1, 0.15) is 27.9 Å². The fourth-order valence-corrected chi connectivity index (χ4v) is 3.72. The summed E-state index contributed by atoms with van der Waals surface area (Å²) in [7, 11) is 0. The fourth-order valence-electron chi connectivity index (χ4n) is 3.72. The Labute approximate surface area is 174 Å². The Kier molecular flexibility index (Phi) is 6.23. The molecular formula is C27H28N2. The molecule has 0 spiro atoms. The molecule has 0 bridgehead atoms. The SMILES string of the molecule is Cc1ccc(Cn2cccc2CN(Cc2ccccc2)Cc2ccccc2)cc1.